The lowest BCUT2D eigenvalue weighted by molar-refractivity contribution is 0.129. The maximum absolute atomic E-state index is 6.36. The summed E-state index contributed by atoms with van der Waals surface area (Å²) in [6.07, 6.45) is 0. The van der Waals surface area contributed by atoms with Gasteiger partial charge in [0.2, 0.25) is 0 Å². The van der Waals surface area contributed by atoms with Crippen molar-refractivity contribution in [3.05, 3.63) is 24.6 Å². The van der Waals surface area contributed by atoms with Gasteiger partial charge in [-0.1, -0.05) is 17.9 Å². The Labute approximate surface area is 105 Å². The van der Waals surface area contributed by atoms with Gasteiger partial charge in [-0.25, -0.2) is 0 Å². The highest BCUT2D eigenvalue weighted by molar-refractivity contribution is 7.22. The average molecular weight is 283 g/mol. The van der Waals surface area contributed by atoms with Crippen molar-refractivity contribution in [2.24, 2.45) is 0 Å². The molecule has 2 unspecified atom stereocenters. The summed E-state index contributed by atoms with van der Waals surface area (Å²) in [7, 11) is -4.14. The minimum absolute atomic E-state index is 0.312. The number of halogens is 2. The highest BCUT2D eigenvalue weighted by Crippen LogP contribution is 2.31. The molecule has 15 heavy (non-hydrogen) atoms. The Morgan fingerprint density at radius 2 is 1.67 bits per heavy atom. The van der Waals surface area contributed by atoms with Gasteiger partial charge >= 0.3 is 7.63 Å². The molecule has 0 aromatic carbocycles. The molecule has 0 bridgehead atoms. The Balaban J connectivity index is 4.56. The van der Waals surface area contributed by atoms with Gasteiger partial charge in [0.1, 0.15) is 0 Å². The average Bonchev–Trinajstić information content (AvgIpc) is 2.00. The molecule has 0 saturated carbocycles. The fourth-order valence-electron chi connectivity index (χ4n) is 1.52. The first kappa shape index (κ1) is 15.5. The lowest BCUT2D eigenvalue weighted by atomic mass is 10.2. The third-order valence-corrected chi connectivity index (χ3v) is 7.67. The van der Waals surface area contributed by atoms with E-state index in [0.29, 0.717) is 0 Å². The van der Waals surface area contributed by atoms with Gasteiger partial charge in [0, 0.05) is 0 Å². The summed E-state index contributed by atoms with van der Waals surface area (Å²) in [6.45, 7) is 15.4. The molecule has 0 aliphatic rings. The van der Waals surface area contributed by atoms with Crippen molar-refractivity contribution >= 4 is 37.2 Å². The Hall–Kier alpha value is 0.454. The van der Waals surface area contributed by atoms with E-state index < -0.39 is 15.0 Å². The predicted molar refractivity (Wildman–Crippen MR) is 75.3 cm³/mol. The van der Waals surface area contributed by atoms with Crippen LogP contribution in [0, 0.1) is 0 Å². The molecule has 2 atom stereocenters. The summed E-state index contributed by atoms with van der Waals surface area (Å²) in [5.74, 6) is 0. The number of hydrogen-bond acceptors (Lipinski definition) is 1. The van der Waals surface area contributed by atoms with Gasteiger partial charge in [-0.15, -0.1) is 24.2 Å². The Kier molecular flexibility index (Phi) is 5.35. The van der Waals surface area contributed by atoms with Crippen LogP contribution in [-0.2, 0) is 4.43 Å². The SMILES string of the molecule is C=C[Si](C)(Cl)CC(C)(C)O[Si](C)(Cl)C=C. The molecule has 0 spiro atoms. The minimum Gasteiger partial charge on any atom is -0.395 e. The Bertz CT molecular complexity index is 226. The van der Waals surface area contributed by atoms with Gasteiger partial charge in [-0.2, -0.15) is 11.1 Å². The smallest absolute Gasteiger partial charge is 0.312 e. The second kappa shape index (κ2) is 5.19. The third kappa shape index (κ3) is 6.58. The quantitative estimate of drug-likeness (QED) is 0.520. The Morgan fingerprint density at radius 1 is 1.20 bits per heavy atom. The second-order valence-electron chi connectivity index (χ2n) is 4.71. The summed E-state index contributed by atoms with van der Waals surface area (Å²) in [5.41, 5.74) is 3.27. The van der Waals surface area contributed by atoms with Crippen molar-refractivity contribution in [3.63, 3.8) is 0 Å². The van der Waals surface area contributed by atoms with Crippen LogP contribution < -0.4 is 0 Å². The molecule has 0 heterocycles. The molecule has 5 heteroatoms. The van der Waals surface area contributed by atoms with Crippen LogP contribution in [0.25, 0.3) is 0 Å². The first-order chi connectivity index (χ1) is 6.54. The normalized spacial score (nSPS) is 20.1. The van der Waals surface area contributed by atoms with Crippen molar-refractivity contribution in [3.8, 4) is 0 Å². The van der Waals surface area contributed by atoms with Gasteiger partial charge in [-0.05, 0) is 26.4 Å². The van der Waals surface area contributed by atoms with E-state index in [1.165, 1.54) is 0 Å². The van der Waals surface area contributed by atoms with Crippen LogP contribution >= 0.6 is 22.2 Å². The molecule has 0 aliphatic heterocycles. The fourth-order valence-corrected chi connectivity index (χ4v) is 6.38. The van der Waals surface area contributed by atoms with E-state index in [1.807, 2.05) is 32.6 Å². The highest BCUT2D eigenvalue weighted by Gasteiger charge is 2.36. The van der Waals surface area contributed by atoms with E-state index in [1.54, 1.807) is 5.70 Å². The maximum Gasteiger partial charge on any atom is 0.312 e. The summed E-state index contributed by atoms with van der Waals surface area (Å²) in [5, 5.41) is 0. The van der Waals surface area contributed by atoms with E-state index in [2.05, 4.69) is 13.2 Å². The molecule has 0 radical (unpaired) electrons. The molecule has 0 aromatic heterocycles. The van der Waals surface area contributed by atoms with Crippen molar-refractivity contribution in [1.29, 1.82) is 0 Å². The lowest BCUT2D eigenvalue weighted by Gasteiger charge is -2.35. The second-order valence-corrected chi connectivity index (χ2v) is 15.5. The molecular weight excluding hydrogens is 263 g/mol. The van der Waals surface area contributed by atoms with Crippen molar-refractivity contribution in [2.45, 2.75) is 38.6 Å². The van der Waals surface area contributed by atoms with Gasteiger partial charge in [-0.3, -0.25) is 0 Å². The topological polar surface area (TPSA) is 9.23 Å². The molecule has 0 rings (SSSR count). The molecule has 0 amide bonds. The number of hydrogen-bond donors (Lipinski definition) is 0. The summed E-state index contributed by atoms with van der Waals surface area (Å²) in [6, 6.07) is 0.800. The molecular formula is C10H20Cl2OSi2. The van der Waals surface area contributed by atoms with E-state index in [-0.39, 0.29) is 5.60 Å². The van der Waals surface area contributed by atoms with Gasteiger partial charge in [0.05, 0.1) is 5.60 Å². The first-order valence-electron chi connectivity index (χ1n) is 4.89. The highest BCUT2D eigenvalue weighted by atomic mass is 35.6. The zero-order chi connectivity index (χ0) is 12.3. The number of rotatable bonds is 6. The van der Waals surface area contributed by atoms with Crippen LogP contribution in [-0.4, -0.2) is 20.6 Å². The van der Waals surface area contributed by atoms with E-state index in [9.17, 15) is 0 Å². The van der Waals surface area contributed by atoms with Crippen LogP contribution in [0.3, 0.4) is 0 Å². The molecule has 88 valence electrons. The minimum atomic E-state index is -2.26. The van der Waals surface area contributed by atoms with Crippen LogP contribution in [0.15, 0.2) is 24.6 Å². The van der Waals surface area contributed by atoms with Crippen LogP contribution in [0.5, 0.6) is 0 Å². The van der Waals surface area contributed by atoms with Crippen molar-refractivity contribution in [1.82, 2.24) is 0 Å². The first-order valence-corrected chi connectivity index (χ1v) is 12.2. The third-order valence-electron chi connectivity index (χ3n) is 2.04. The maximum atomic E-state index is 6.36. The standard InChI is InChI=1S/C10H20Cl2OSi2/c1-7-14(5,11)9-10(3,4)13-15(6,12)8-2/h7-8H,1-2,9H2,3-6H3. The molecule has 0 saturated heterocycles. The van der Waals surface area contributed by atoms with Crippen molar-refractivity contribution < 1.29 is 4.43 Å². The molecule has 0 aromatic rings. The lowest BCUT2D eigenvalue weighted by Crippen LogP contribution is -2.42. The van der Waals surface area contributed by atoms with Gasteiger partial charge in [0.25, 0.3) is 0 Å². The summed E-state index contributed by atoms with van der Waals surface area (Å²) >= 11 is 12.6. The zero-order valence-corrected chi connectivity index (χ0v) is 13.5. The van der Waals surface area contributed by atoms with Crippen LogP contribution in [0.1, 0.15) is 13.8 Å². The van der Waals surface area contributed by atoms with E-state index in [0.717, 1.165) is 6.04 Å². The Morgan fingerprint density at radius 3 is 2.00 bits per heavy atom. The summed E-state index contributed by atoms with van der Waals surface area (Å²) < 4.78 is 5.90. The monoisotopic (exact) mass is 282 g/mol. The van der Waals surface area contributed by atoms with Crippen LogP contribution in [0.4, 0.5) is 0 Å². The van der Waals surface area contributed by atoms with E-state index in [4.69, 9.17) is 26.6 Å². The molecule has 0 N–H and O–H groups in total. The summed E-state index contributed by atoms with van der Waals surface area (Å²) in [4.78, 5) is 0. The molecule has 0 aliphatic carbocycles. The zero-order valence-electron chi connectivity index (χ0n) is 9.94. The van der Waals surface area contributed by atoms with Crippen molar-refractivity contribution in [2.75, 3.05) is 0 Å². The molecule has 0 fully saturated rings. The molecule has 1 nitrogen and oxygen atoms in total. The van der Waals surface area contributed by atoms with E-state index >= 15 is 0 Å². The van der Waals surface area contributed by atoms with Crippen LogP contribution in [0.2, 0.25) is 19.1 Å². The largest absolute Gasteiger partial charge is 0.395 e. The van der Waals surface area contributed by atoms with Gasteiger partial charge < -0.3 is 4.43 Å². The van der Waals surface area contributed by atoms with Gasteiger partial charge in [0.15, 0.2) is 7.38 Å². The predicted octanol–water partition coefficient (Wildman–Crippen LogP) is 4.36. The fraction of sp³-hybridized carbons (Fsp3) is 0.600.